The lowest BCUT2D eigenvalue weighted by atomic mass is 10.0. The molecule has 1 nitrogen and oxygen atoms in total. The normalized spacial score (nSPS) is 10.7. The lowest BCUT2D eigenvalue weighted by Crippen LogP contribution is -2.01. The van der Waals surface area contributed by atoms with E-state index in [2.05, 4.69) is 0 Å². The summed E-state index contributed by atoms with van der Waals surface area (Å²) in [6.07, 6.45) is -2.85. The van der Waals surface area contributed by atoms with Crippen molar-refractivity contribution >= 4 is 5.78 Å². The number of aryl methyl sites for hydroxylation is 1. The lowest BCUT2D eigenvalue weighted by molar-refractivity contribution is 0.101. The first kappa shape index (κ1) is 10.8. The van der Waals surface area contributed by atoms with Crippen LogP contribution in [0.1, 0.15) is 34.8 Å². The van der Waals surface area contributed by atoms with Crippen LogP contribution in [0.15, 0.2) is 12.1 Å². The van der Waals surface area contributed by atoms with E-state index in [-0.39, 0.29) is 11.3 Å². The Labute approximate surface area is 79.5 Å². The van der Waals surface area contributed by atoms with E-state index < -0.39 is 17.8 Å². The highest BCUT2D eigenvalue weighted by molar-refractivity contribution is 5.95. The quantitative estimate of drug-likeness (QED) is 0.672. The lowest BCUT2D eigenvalue weighted by Gasteiger charge is -2.06. The molecular weight excluding hydrogens is 193 g/mol. The Morgan fingerprint density at radius 1 is 1.36 bits per heavy atom. The molecule has 1 rings (SSSR count). The van der Waals surface area contributed by atoms with Crippen LogP contribution in [-0.2, 0) is 0 Å². The Morgan fingerprint density at radius 2 is 1.93 bits per heavy atom. The van der Waals surface area contributed by atoms with Crippen LogP contribution in [0, 0.1) is 12.7 Å². The van der Waals surface area contributed by atoms with Crippen LogP contribution in [0.2, 0.25) is 0 Å². The molecule has 0 heterocycles. The number of ketones is 1. The van der Waals surface area contributed by atoms with E-state index in [1.807, 2.05) is 0 Å². The summed E-state index contributed by atoms with van der Waals surface area (Å²) in [5.74, 6) is -1.36. The van der Waals surface area contributed by atoms with Gasteiger partial charge in [0, 0.05) is 5.56 Å². The van der Waals surface area contributed by atoms with Crippen molar-refractivity contribution in [2.24, 2.45) is 0 Å². The molecule has 1 aromatic rings. The summed E-state index contributed by atoms with van der Waals surface area (Å²) in [5, 5.41) is 0. The van der Waals surface area contributed by atoms with Crippen molar-refractivity contribution in [2.75, 3.05) is 0 Å². The Morgan fingerprint density at radius 3 is 2.36 bits per heavy atom. The van der Waals surface area contributed by atoms with Crippen LogP contribution in [0.3, 0.4) is 0 Å². The van der Waals surface area contributed by atoms with E-state index in [1.54, 1.807) is 0 Å². The number of hydrogen-bond donors (Lipinski definition) is 0. The fraction of sp³-hybridized carbons (Fsp3) is 0.300. The fourth-order valence-corrected chi connectivity index (χ4v) is 1.25. The number of halogens is 3. The molecule has 0 aliphatic heterocycles. The van der Waals surface area contributed by atoms with Crippen molar-refractivity contribution < 1.29 is 18.0 Å². The molecule has 1 aromatic carbocycles. The molecule has 76 valence electrons. The zero-order valence-corrected chi connectivity index (χ0v) is 7.77. The van der Waals surface area contributed by atoms with Gasteiger partial charge in [-0.3, -0.25) is 4.79 Å². The summed E-state index contributed by atoms with van der Waals surface area (Å²) >= 11 is 0. The van der Waals surface area contributed by atoms with Gasteiger partial charge in [0.15, 0.2) is 5.78 Å². The molecule has 14 heavy (non-hydrogen) atoms. The van der Waals surface area contributed by atoms with Crippen LogP contribution in [0.5, 0.6) is 0 Å². The van der Waals surface area contributed by atoms with Crippen molar-refractivity contribution in [1.29, 1.82) is 0 Å². The second-order valence-electron chi connectivity index (χ2n) is 3.05. The molecule has 0 atom stereocenters. The van der Waals surface area contributed by atoms with E-state index in [0.717, 1.165) is 12.1 Å². The molecule has 0 N–H and O–H groups in total. The highest BCUT2D eigenvalue weighted by Crippen LogP contribution is 2.25. The summed E-state index contributed by atoms with van der Waals surface area (Å²) in [6, 6.07) is 1.87. The second-order valence-corrected chi connectivity index (χ2v) is 3.05. The summed E-state index contributed by atoms with van der Waals surface area (Å²) in [7, 11) is 0. The van der Waals surface area contributed by atoms with Gasteiger partial charge in [-0.25, -0.2) is 13.2 Å². The molecule has 0 saturated carbocycles. The zero-order valence-electron chi connectivity index (χ0n) is 7.77. The summed E-state index contributed by atoms with van der Waals surface area (Å²) in [5.41, 5.74) is -0.145. The molecule has 0 aliphatic rings. The number of alkyl halides is 2. The van der Waals surface area contributed by atoms with E-state index in [9.17, 15) is 18.0 Å². The number of carbonyl (C=O) groups is 1. The van der Waals surface area contributed by atoms with Crippen LogP contribution < -0.4 is 0 Å². The van der Waals surface area contributed by atoms with Gasteiger partial charge in [0.25, 0.3) is 6.43 Å². The predicted octanol–water partition coefficient (Wildman–Crippen LogP) is 3.27. The molecular formula is C10H9F3O. The van der Waals surface area contributed by atoms with Gasteiger partial charge in [-0.2, -0.15) is 0 Å². The third kappa shape index (κ3) is 1.95. The molecule has 4 heteroatoms. The fourth-order valence-electron chi connectivity index (χ4n) is 1.25. The van der Waals surface area contributed by atoms with Crippen molar-refractivity contribution in [1.82, 2.24) is 0 Å². The molecule has 0 unspecified atom stereocenters. The molecule has 0 aliphatic carbocycles. The molecule has 0 fully saturated rings. The van der Waals surface area contributed by atoms with Gasteiger partial charge in [-0.05, 0) is 31.5 Å². The standard InChI is InChI=1S/C10H9F3O/c1-5-3-8(10(12)13)9(11)4-7(5)6(2)14/h3-4,10H,1-2H3. The van der Waals surface area contributed by atoms with Gasteiger partial charge < -0.3 is 0 Å². The van der Waals surface area contributed by atoms with Gasteiger partial charge in [0.2, 0.25) is 0 Å². The third-order valence-electron chi connectivity index (χ3n) is 1.96. The smallest absolute Gasteiger partial charge is 0.266 e. The number of Topliss-reactive ketones (excluding diaryl/α,β-unsaturated/α-hetero) is 1. The highest BCUT2D eigenvalue weighted by atomic mass is 19.3. The summed E-state index contributed by atoms with van der Waals surface area (Å²) in [4.78, 5) is 10.9. The van der Waals surface area contributed by atoms with Crippen molar-refractivity contribution in [3.05, 3.63) is 34.6 Å². The Bertz CT molecular complexity index is 372. The van der Waals surface area contributed by atoms with Crippen molar-refractivity contribution in [3.8, 4) is 0 Å². The van der Waals surface area contributed by atoms with Gasteiger partial charge >= 0.3 is 0 Å². The third-order valence-corrected chi connectivity index (χ3v) is 1.96. The molecule has 0 spiro atoms. The SMILES string of the molecule is CC(=O)c1cc(F)c(C(F)F)cc1C. The number of carbonyl (C=O) groups excluding carboxylic acids is 1. The average Bonchev–Trinajstić information content (AvgIpc) is 2.07. The predicted molar refractivity (Wildman–Crippen MR) is 46.1 cm³/mol. The van der Waals surface area contributed by atoms with E-state index in [1.165, 1.54) is 13.8 Å². The van der Waals surface area contributed by atoms with E-state index in [0.29, 0.717) is 5.56 Å². The van der Waals surface area contributed by atoms with Crippen molar-refractivity contribution in [2.45, 2.75) is 20.3 Å². The minimum Gasteiger partial charge on any atom is -0.294 e. The summed E-state index contributed by atoms with van der Waals surface area (Å²) in [6.45, 7) is 2.77. The Kier molecular flexibility index (Phi) is 2.93. The Balaban J connectivity index is 3.31. The maximum absolute atomic E-state index is 13.0. The minimum absolute atomic E-state index is 0.145. The number of benzene rings is 1. The first-order chi connectivity index (χ1) is 6.43. The van der Waals surface area contributed by atoms with Crippen LogP contribution in [-0.4, -0.2) is 5.78 Å². The van der Waals surface area contributed by atoms with Gasteiger partial charge in [-0.15, -0.1) is 0 Å². The molecule has 0 aromatic heterocycles. The maximum atomic E-state index is 13.0. The topological polar surface area (TPSA) is 17.1 Å². The van der Waals surface area contributed by atoms with Gasteiger partial charge in [0.05, 0.1) is 5.56 Å². The number of hydrogen-bond acceptors (Lipinski definition) is 1. The monoisotopic (exact) mass is 202 g/mol. The largest absolute Gasteiger partial charge is 0.294 e. The second kappa shape index (κ2) is 3.82. The summed E-state index contributed by atoms with van der Waals surface area (Å²) < 4.78 is 37.4. The van der Waals surface area contributed by atoms with Crippen molar-refractivity contribution in [3.63, 3.8) is 0 Å². The Hall–Kier alpha value is -1.32. The molecule has 0 bridgehead atoms. The van der Waals surface area contributed by atoms with Crippen LogP contribution >= 0.6 is 0 Å². The van der Waals surface area contributed by atoms with Crippen LogP contribution in [0.25, 0.3) is 0 Å². The first-order valence-corrected chi connectivity index (χ1v) is 4.02. The van der Waals surface area contributed by atoms with E-state index in [4.69, 9.17) is 0 Å². The first-order valence-electron chi connectivity index (χ1n) is 4.02. The highest BCUT2D eigenvalue weighted by Gasteiger charge is 2.16. The average molecular weight is 202 g/mol. The molecule has 0 amide bonds. The zero-order chi connectivity index (χ0) is 10.9. The van der Waals surface area contributed by atoms with Crippen LogP contribution in [0.4, 0.5) is 13.2 Å². The van der Waals surface area contributed by atoms with Gasteiger partial charge in [-0.1, -0.05) is 0 Å². The maximum Gasteiger partial charge on any atom is 0.266 e. The van der Waals surface area contributed by atoms with Gasteiger partial charge in [0.1, 0.15) is 5.82 Å². The molecule has 0 radical (unpaired) electrons. The van der Waals surface area contributed by atoms with E-state index >= 15 is 0 Å². The molecule has 0 saturated heterocycles. The number of rotatable bonds is 2. The minimum atomic E-state index is -2.85.